The van der Waals surface area contributed by atoms with E-state index in [1.807, 2.05) is 6.07 Å². The Labute approximate surface area is 129 Å². The van der Waals surface area contributed by atoms with Crippen LogP contribution in [0.15, 0.2) is 42.6 Å². The molecular formula is C17H16N4O. The summed E-state index contributed by atoms with van der Waals surface area (Å²) >= 11 is 0. The molecule has 3 rings (SSSR count). The highest BCUT2D eigenvalue weighted by atomic mass is 16.1. The zero-order valence-electron chi connectivity index (χ0n) is 12.1. The fraction of sp³-hybridized carbons (Fsp3) is 0.235. The lowest BCUT2D eigenvalue weighted by molar-refractivity contribution is 0.102. The number of para-hydroxylation sites is 1. The number of amides is 1. The van der Waals surface area contributed by atoms with Gasteiger partial charge in [-0.3, -0.25) is 4.79 Å². The van der Waals surface area contributed by atoms with Crippen molar-refractivity contribution in [3.63, 3.8) is 0 Å². The molecule has 110 valence electrons. The van der Waals surface area contributed by atoms with Crippen molar-refractivity contribution in [1.29, 1.82) is 5.26 Å². The lowest BCUT2D eigenvalue weighted by Crippen LogP contribution is -2.19. The minimum atomic E-state index is -0.310. The summed E-state index contributed by atoms with van der Waals surface area (Å²) in [5.74, 6) is -0.310. The van der Waals surface area contributed by atoms with Crippen molar-refractivity contribution in [2.75, 3.05) is 23.3 Å². The number of anilines is 2. The number of nitriles is 1. The Morgan fingerprint density at radius 2 is 1.95 bits per heavy atom. The van der Waals surface area contributed by atoms with Gasteiger partial charge < -0.3 is 10.2 Å². The Hall–Kier alpha value is -2.87. The summed E-state index contributed by atoms with van der Waals surface area (Å²) in [5, 5.41) is 11.8. The summed E-state index contributed by atoms with van der Waals surface area (Å²) in [5.41, 5.74) is 2.33. The van der Waals surface area contributed by atoms with Crippen LogP contribution in [0.2, 0.25) is 0 Å². The Morgan fingerprint density at radius 1 is 1.18 bits per heavy atom. The molecule has 5 nitrogen and oxygen atoms in total. The topological polar surface area (TPSA) is 69.0 Å². The largest absolute Gasteiger partial charge is 0.370 e. The number of hydrogen-bond acceptors (Lipinski definition) is 4. The maximum absolute atomic E-state index is 12.2. The first-order valence-corrected chi connectivity index (χ1v) is 7.29. The number of carbonyl (C=O) groups excluding carboxylic acids is 1. The molecule has 1 aliphatic heterocycles. The van der Waals surface area contributed by atoms with Crippen LogP contribution in [0.4, 0.5) is 11.4 Å². The number of nitrogens with zero attached hydrogens (tertiary/aromatic N) is 3. The van der Waals surface area contributed by atoms with E-state index in [4.69, 9.17) is 5.26 Å². The van der Waals surface area contributed by atoms with Crippen LogP contribution in [0.5, 0.6) is 0 Å². The van der Waals surface area contributed by atoms with Crippen molar-refractivity contribution >= 4 is 17.3 Å². The lowest BCUT2D eigenvalue weighted by atomic mass is 10.2. The summed E-state index contributed by atoms with van der Waals surface area (Å²) < 4.78 is 0. The third-order valence-electron chi connectivity index (χ3n) is 3.75. The lowest BCUT2D eigenvalue weighted by Gasteiger charge is -2.17. The maximum Gasteiger partial charge on any atom is 0.274 e. The Morgan fingerprint density at radius 3 is 2.64 bits per heavy atom. The third kappa shape index (κ3) is 2.91. The number of benzene rings is 1. The van der Waals surface area contributed by atoms with Gasteiger partial charge in [0.2, 0.25) is 0 Å². The van der Waals surface area contributed by atoms with Crippen molar-refractivity contribution < 1.29 is 4.79 Å². The SMILES string of the molecule is N#Cc1ccccc1NC(=O)c1ccc(N2CCCC2)cn1. The van der Waals surface area contributed by atoms with E-state index in [1.165, 1.54) is 12.8 Å². The van der Waals surface area contributed by atoms with Gasteiger partial charge in [-0.1, -0.05) is 12.1 Å². The molecule has 1 aromatic carbocycles. The van der Waals surface area contributed by atoms with Crippen molar-refractivity contribution in [2.24, 2.45) is 0 Å². The summed E-state index contributed by atoms with van der Waals surface area (Å²) in [6.07, 6.45) is 4.14. The number of hydrogen-bond donors (Lipinski definition) is 1. The summed E-state index contributed by atoms with van der Waals surface area (Å²) in [7, 11) is 0. The molecule has 1 fully saturated rings. The monoisotopic (exact) mass is 292 g/mol. The van der Waals surface area contributed by atoms with E-state index in [0.29, 0.717) is 16.9 Å². The smallest absolute Gasteiger partial charge is 0.274 e. The zero-order chi connectivity index (χ0) is 15.4. The van der Waals surface area contributed by atoms with Crippen molar-refractivity contribution in [2.45, 2.75) is 12.8 Å². The molecule has 0 unspecified atom stereocenters. The fourth-order valence-electron chi connectivity index (χ4n) is 2.56. The molecule has 0 aliphatic carbocycles. The van der Waals surface area contributed by atoms with E-state index in [9.17, 15) is 4.79 Å². The first-order chi connectivity index (χ1) is 10.8. The van der Waals surface area contributed by atoms with Crippen LogP contribution in [0, 0.1) is 11.3 Å². The highest BCUT2D eigenvalue weighted by molar-refractivity contribution is 6.03. The maximum atomic E-state index is 12.2. The van der Waals surface area contributed by atoms with E-state index >= 15 is 0 Å². The quantitative estimate of drug-likeness (QED) is 0.944. The molecule has 0 bridgehead atoms. The number of rotatable bonds is 3. The molecule has 1 saturated heterocycles. The molecule has 2 aromatic rings. The molecule has 1 amide bonds. The van der Waals surface area contributed by atoms with E-state index in [2.05, 4.69) is 21.3 Å². The van der Waals surface area contributed by atoms with E-state index < -0.39 is 0 Å². The van der Waals surface area contributed by atoms with Gasteiger partial charge in [-0.2, -0.15) is 5.26 Å². The van der Waals surface area contributed by atoms with Crippen LogP contribution in [-0.4, -0.2) is 24.0 Å². The van der Waals surface area contributed by atoms with Gasteiger partial charge in [-0.15, -0.1) is 0 Å². The first-order valence-electron chi connectivity index (χ1n) is 7.29. The number of aromatic nitrogens is 1. The van der Waals surface area contributed by atoms with Gasteiger partial charge in [0.25, 0.3) is 5.91 Å². The van der Waals surface area contributed by atoms with Gasteiger partial charge >= 0.3 is 0 Å². The Balaban J connectivity index is 1.73. The Kier molecular flexibility index (Phi) is 4.01. The average molecular weight is 292 g/mol. The molecule has 0 radical (unpaired) electrons. The Bertz CT molecular complexity index is 712. The molecule has 0 atom stereocenters. The molecule has 0 saturated carbocycles. The van der Waals surface area contributed by atoms with Gasteiger partial charge in [0.05, 0.1) is 23.1 Å². The third-order valence-corrected chi connectivity index (χ3v) is 3.75. The average Bonchev–Trinajstić information content (AvgIpc) is 3.10. The van der Waals surface area contributed by atoms with Gasteiger partial charge in [-0.25, -0.2) is 4.98 Å². The molecule has 5 heteroatoms. The standard InChI is InChI=1S/C17H16N4O/c18-11-13-5-1-2-6-15(13)20-17(22)16-8-7-14(12-19-16)21-9-3-4-10-21/h1-2,5-8,12H,3-4,9-10H2,(H,20,22). The van der Waals surface area contributed by atoms with Crippen molar-refractivity contribution in [3.05, 3.63) is 53.9 Å². The second-order valence-electron chi connectivity index (χ2n) is 5.21. The second kappa shape index (κ2) is 6.27. The van der Waals surface area contributed by atoms with E-state index in [1.54, 1.807) is 36.5 Å². The van der Waals surface area contributed by atoms with E-state index in [0.717, 1.165) is 18.8 Å². The fourth-order valence-corrected chi connectivity index (χ4v) is 2.56. The number of pyridine rings is 1. The van der Waals surface area contributed by atoms with E-state index in [-0.39, 0.29) is 5.91 Å². The number of nitrogens with one attached hydrogen (secondary N) is 1. The summed E-state index contributed by atoms with van der Waals surface area (Å²) in [4.78, 5) is 18.7. The minimum absolute atomic E-state index is 0.310. The van der Waals surface area contributed by atoms with Crippen LogP contribution in [0.25, 0.3) is 0 Å². The van der Waals surface area contributed by atoms with Gasteiger partial charge in [0, 0.05) is 13.1 Å². The summed E-state index contributed by atoms with van der Waals surface area (Å²) in [6, 6.07) is 12.6. The zero-order valence-corrected chi connectivity index (χ0v) is 12.1. The van der Waals surface area contributed by atoms with Crippen LogP contribution >= 0.6 is 0 Å². The first kappa shape index (κ1) is 14.1. The molecular weight excluding hydrogens is 276 g/mol. The molecule has 22 heavy (non-hydrogen) atoms. The summed E-state index contributed by atoms with van der Waals surface area (Å²) in [6.45, 7) is 2.09. The molecule has 1 aliphatic rings. The van der Waals surface area contributed by atoms with Crippen molar-refractivity contribution in [1.82, 2.24) is 4.98 Å². The number of carbonyl (C=O) groups is 1. The highest BCUT2D eigenvalue weighted by Crippen LogP contribution is 2.20. The van der Waals surface area contributed by atoms with Crippen LogP contribution in [0.3, 0.4) is 0 Å². The predicted octanol–water partition coefficient (Wildman–Crippen LogP) is 2.81. The minimum Gasteiger partial charge on any atom is -0.370 e. The normalized spacial score (nSPS) is 13.7. The molecule has 1 N–H and O–H groups in total. The van der Waals surface area contributed by atoms with Crippen molar-refractivity contribution in [3.8, 4) is 6.07 Å². The van der Waals surface area contributed by atoms with Gasteiger partial charge in [-0.05, 0) is 37.1 Å². The highest BCUT2D eigenvalue weighted by Gasteiger charge is 2.14. The van der Waals surface area contributed by atoms with Crippen LogP contribution in [-0.2, 0) is 0 Å². The van der Waals surface area contributed by atoms with Gasteiger partial charge in [0.1, 0.15) is 11.8 Å². The van der Waals surface area contributed by atoms with Crippen LogP contribution < -0.4 is 10.2 Å². The predicted molar refractivity (Wildman–Crippen MR) is 84.8 cm³/mol. The molecule has 1 aromatic heterocycles. The second-order valence-corrected chi connectivity index (χ2v) is 5.21. The molecule has 0 spiro atoms. The van der Waals surface area contributed by atoms with Crippen LogP contribution in [0.1, 0.15) is 28.9 Å². The molecule has 2 heterocycles. The van der Waals surface area contributed by atoms with Gasteiger partial charge in [0.15, 0.2) is 0 Å².